The number of imidazole rings is 1. The number of hydrogen-bond acceptors (Lipinski definition) is 5. The second kappa shape index (κ2) is 11.1. The van der Waals surface area contributed by atoms with Crippen LogP contribution in [-0.4, -0.2) is 47.0 Å². The summed E-state index contributed by atoms with van der Waals surface area (Å²) in [5.41, 5.74) is 4.42. The van der Waals surface area contributed by atoms with E-state index in [1.807, 2.05) is 25.1 Å². The van der Waals surface area contributed by atoms with Crippen LogP contribution in [0.3, 0.4) is 0 Å². The summed E-state index contributed by atoms with van der Waals surface area (Å²) in [6.07, 6.45) is 3.80. The Bertz CT molecular complexity index is 1430. The van der Waals surface area contributed by atoms with Crippen molar-refractivity contribution in [2.45, 2.75) is 77.3 Å². The first-order valence-corrected chi connectivity index (χ1v) is 14.1. The lowest BCUT2D eigenvalue weighted by Crippen LogP contribution is -2.42. The molecule has 1 N–H and O–H groups in total. The highest BCUT2D eigenvalue weighted by atomic mass is 19.1. The van der Waals surface area contributed by atoms with E-state index < -0.39 is 17.9 Å². The van der Waals surface area contributed by atoms with Crippen molar-refractivity contribution in [2.75, 3.05) is 19.1 Å². The third-order valence-electron chi connectivity index (χ3n) is 8.74. The molecule has 0 saturated heterocycles. The van der Waals surface area contributed by atoms with E-state index >= 15 is 0 Å². The second-order valence-electron chi connectivity index (χ2n) is 11.5. The van der Waals surface area contributed by atoms with Gasteiger partial charge in [0.15, 0.2) is 11.6 Å². The number of halogens is 1. The van der Waals surface area contributed by atoms with Gasteiger partial charge in [0.2, 0.25) is 0 Å². The molecule has 3 aromatic rings. The summed E-state index contributed by atoms with van der Waals surface area (Å²) in [6, 6.07) is 9.15. The monoisotopic (exact) mass is 551 g/mol. The van der Waals surface area contributed by atoms with Gasteiger partial charge in [-0.1, -0.05) is 19.9 Å². The van der Waals surface area contributed by atoms with Gasteiger partial charge in [-0.3, -0.25) is 9.69 Å². The summed E-state index contributed by atoms with van der Waals surface area (Å²) in [7, 11) is 2.84. The molecule has 9 heteroatoms. The van der Waals surface area contributed by atoms with Crippen LogP contribution in [-0.2, 0) is 16.0 Å². The van der Waals surface area contributed by atoms with E-state index in [2.05, 4.69) is 18.4 Å². The number of carbonyl (C=O) groups excluding carboxylic acids is 1. The zero-order valence-electron chi connectivity index (χ0n) is 23.8. The number of ether oxygens (including phenoxy) is 2. The molecule has 1 aliphatic carbocycles. The molecule has 0 spiro atoms. The summed E-state index contributed by atoms with van der Waals surface area (Å²) in [5.74, 6) is -0.581. The molecule has 0 radical (unpaired) electrons. The Kier molecular flexibility index (Phi) is 7.75. The standard InChI is InChI=1S/C31H38FN3O5/c1-17(2)27(20-9-15-26(39-4)23(32)16-20)29-33-28-22-12-6-18(3)34(31(38)40-5)24(22)13-14-25(28)35(29)21-10-7-19(8-11-21)30(36)37/h9,13-19,21,27H,6-8,10-12H2,1-5H3,(H,36,37)/t18-,19?,21?,27+/m0/s1. The molecule has 40 heavy (non-hydrogen) atoms. The third kappa shape index (κ3) is 4.80. The minimum absolute atomic E-state index is 0.00376. The second-order valence-corrected chi connectivity index (χ2v) is 11.5. The van der Waals surface area contributed by atoms with Crippen molar-refractivity contribution in [3.05, 3.63) is 53.1 Å². The van der Waals surface area contributed by atoms with Crippen molar-refractivity contribution in [1.82, 2.24) is 9.55 Å². The van der Waals surface area contributed by atoms with Crippen molar-refractivity contribution in [3.8, 4) is 5.75 Å². The number of rotatable bonds is 6. The topological polar surface area (TPSA) is 93.9 Å². The molecular weight excluding hydrogens is 513 g/mol. The van der Waals surface area contributed by atoms with Crippen LogP contribution in [0.15, 0.2) is 30.3 Å². The van der Waals surface area contributed by atoms with Gasteiger partial charge in [0, 0.05) is 23.6 Å². The molecule has 1 saturated carbocycles. The van der Waals surface area contributed by atoms with Gasteiger partial charge in [-0.2, -0.15) is 0 Å². The highest BCUT2D eigenvalue weighted by Crippen LogP contribution is 2.44. The fourth-order valence-corrected chi connectivity index (χ4v) is 6.69. The molecule has 2 aromatic carbocycles. The van der Waals surface area contributed by atoms with E-state index in [9.17, 15) is 19.1 Å². The normalized spacial score (nSPS) is 21.8. The number of anilines is 1. The van der Waals surface area contributed by atoms with E-state index in [1.165, 1.54) is 20.3 Å². The molecule has 1 amide bonds. The van der Waals surface area contributed by atoms with Crippen molar-refractivity contribution in [3.63, 3.8) is 0 Å². The van der Waals surface area contributed by atoms with E-state index in [4.69, 9.17) is 14.5 Å². The Morgan fingerprint density at radius 1 is 1.07 bits per heavy atom. The first-order chi connectivity index (χ1) is 19.2. The summed E-state index contributed by atoms with van der Waals surface area (Å²) < 4.78 is 27.5. The van der Waals surface area contributed by atoms with Crippen molar-refractivity contribution in [1.29, 1.82) is 0 Å². The number of carboxylic acid groups (broad SMARTS) is 1. The lowest BCUT2D eigenvalue weighted by Gasteiger charge is -2.34. The number of hydrogen-bond donors (Lipinski definition) is 1. The van der Waals surface area contributed by atoms with Crippen LogP contribution in [0.2, 0.25) is 0 Å². The molecule has 1 aliphatic heterocycles. The lowest BCUT2D eigenvalue weighted by atomic mass is 9.84. The number of aliphatic carboxylic acids is 1. The number of aromatic nitrogens is 2. The molecule has 2 atom stereocenters. The Morgan fingerprint density at radius 2 is 1.80 bits per heavy atom. The summed E-state index contributed by atoms with van der Waals surface area (Å²) in [4.78, 5) is 31.4. The predicted molar refractivity (Wildman–Crippen MR) is 151 cm³/mol. The van der Waals surface area contributed by atoms with E-state index in [1.54, 1.807) is 11.0 Å². The van der Waals surface area contributed by atoms with Gasteiger partial charge in [-0.05, 0) is 81.2 Å². The zero-order valence-corrected chi connectivity index (χ0v) is 23.8. The van der Waals surface area contributed by atoms with Crippen LogP contribution in [0.25, 0.3) is 11.0 Å². The fourth-order valence-electron chi connectivity index (χ4n) is 6.69. The molecule has 214 valence electrons. The first kappa shape index (κ1) is 27.9. The number of methoxy groups -OCH3 is 2. The van der Waals surface area contributed by atoms with Crippen molar-refractivity contribution in [2.24, 2.45) is 11.8 Å². The number of nitrogens with zero attached hydrogens (tertiary/aromatic N) is 3. The van der Waals surface area contributed by atoms with Gasteiger partial charge in [0.25, 0.3) is 0 Å². The number of fused-ring (bicyclic) bond motifs is 3. The maximum atomic E-state index is 14.9. The SMILES string of the molecule is COC(=O)N1c2ccc3c(nc([C@@H](c4ccc(OC)c(F)c4)C(C)C)n3C3CCC(C(=O)O)CC3)c2CC[C@@H]1C. The van der Waals surface area contributed by atoms with Gasteiger partial charge in [0.05, 0.1) is 36.9 Å². The number of carbonyl (C=O) groups is 2. The summed E-state index contributed by atoms with van der Waals surface area (Å²) >= 11 is 0. The number of benzene rings is 2. The number of carboxylic acids is 1. The Balaban J connectivity index is 1.71. The van der Waals surface area contributed by atoms with Crippen LogP contribution in [0, 0.1) is 17.7 Å². The molecule has 1 aromatic heterocycles. The smallest absolute Gasteiger partial charge is 0.414 e. The molecular formula is C31H38FN3O5. The quantitative estimate of drug-likeness (QED) is 0.367. The van der Waals surface area contributed by atoms with Crippen molar-refractivity contribution >= 4 is 28.8 Å². The van der Waals surface area contributed by atoms with Gasteiger partial charge in [-0.15, -0.1) is 0 Å². The Labute approximate surface area is 234 Å². The van der Waals surface area contributed by atoms with Crippen LogP contribution >= 0.6 is 0 Å². The van der Waals surface area contributed by atoms with Gasteiger partial charge in [-0.25, -0.2) is 14.2 Å². The maximum absolute atomic E-state index is 14.9. The van der Waals surface area contributed by atoms with Crippen molar-refractivity contribution < 1.29 is 28.6 Å². The van der Waals surface area contributed by atoms with Crippen LogP contribution in [0.1, 0.15) is 81.8 Å². The Hall–Kier alpha value is -3.62. The van der Waals surface area contributed by atoms with Gasteiger partial charge in [0.1, 0.15) is 5.82 Å². The van der Waals surface area contributed by atoms with E-state index in [0.717, 1.165) is 59.4 Å². The first-order valence-electron chi connectivity index (χ1n) is 14.1. The van der Waals surface area contributed by atoms with E-state index in [-0.39, 0.29) is 35.6 Å². The molecule has 0 unspecified atom stereocenters. The minimum atomic E-state index is -0.742. The highest BCUT2D eigenvalue weighted by Gasteiger charge is 2.36. The molecule has 0 bridgehead atoms. The zero-order chi connectivity index (χ0) is 28.7. The summed E-state index contributed by atoms with van der Waals surface area (Å²) in [6.45, 7) is 6.23. The number of aryl methyl sites for hydroxylation is 1. The lowest BCUT2D eigenvalue weighted by molar-refractivity contribution is -0.143. The fraction of sp³-hybridized carbons (Fsp3) is 0.516. The molecule has 2 heterocycles. The molecule has 8 nitrogen and oxygen atoms in total. The molecule has 2 aliphatic rings. The minimum Gasteiger partial charge on any atom is -0.494 e. The van der Waals surface area contributed by atoms with Gasteiger partial charge >= 0.3 is 12.1 Å². The maximum Gasteiger partial charge on any atom is 0.414 e. The molecule has 1 fully saturated rings. The van der Waals surface area contributed by atoms with Crippen LogP contribution < -0.4 is 9.64 Å². The average Bonchev–Trinajstić information content (AvgIpc) is 3.31. The highest BCUT2D eigenvalue weighted by molar-refractivity contribution is 5.95. The third-order valence-corrected chi connectivity index (χ3v) is 8.74. The van der Waals surface area contributed by atoms with Crippen LogP contribution in [0.4, 0.5) is 14.9 Å². The van der Waals surface area contributed by atoms with E-state index in [0.29, 0.717) is 12.8 Å². The Morgan fingerprint density at radius 3 is 2.40 bits per heavy atom. The van der Waals surface area contributed by atoms with Crippen LogP contribution in [0.5, 0.6) is 5.75 Å². The number of amides is 1. The molecule has 5 rings (SSSR count). The predicted octanol–water partition coefficient (Wildman–Crippen LogP) is 6.70. The summed E-state index contributed by atoms with van der Waals surface area (Å²) in [5, 5.41) is 9.60. The van der Waals surface area contributed by atoms with Gasteiger partial charge < -0.3 is 19.1 Å². The largest absolute Gasteiger partial charge is 0.494 e. The average molecular weight is 552 g/mol.